The van der Waals surface area contributed by atoms with E-state index < -0.39 is 0 Å². The van der Waals surface area contributed by atoms with E-state index in [0.717, 1.165) is 17.9 Å². The summed E-state index contributed by atoms with van der Waals surface area (Å²) in [7, 11) is 0. The van der Waals surface area contributed by atoms with Gasteiger partial charge in [-0.15, -0.1) is 0 Å². The summed E-state index contributed by atoms with van der Waals surface area (Å²) in [5.41, 5.74) is 2.24. The average molecular weight is 328 g/mol. The first kappa shape index (κ1) is 16.8. The minimum Gasteiger partial charge on any atom is -0.508 e. The SMILES string of the molecule is CC(C)(c1ccc(O)cc1)c1ccc(OC2CO2)cc1.CC1CO1. The fourth-order valence-corrected chi connectivity index (χ4v) is 2.35. The van der Waals surface area contributed by atoms with Crippen molar-refractivity contribution < 1.29 is 19.3 Å². The normalized spacial score (nSPS) is 21.5. The predicted molar refractivity (Wildman–Crippen MR) is 92.5 cm³/mol. The van der Waals surface area contributed by atoms with Crippen LogP contribution in [0.15, 0.2) is 48.5 Å². The molecule has 1 N–H and O–H groups in total. The predicted octanol–water partition coefficient (Wildman–Crippen LogP) is 3.86. The Morgan fingerprint density at radius 2 is 1.38 bits per heavy atom. The zero-order valence-corrected chi connectivity index (χ0v) is 14.4. The Balaban J connectivity index is 0.000000370. The molecule has 4 heteroatoms. The first-order valence-corrected chi connectivity index (χ1v) is 8.25. The number of ether oxygens (including phenoxy) is 3. The third-order valence-corrected chi connectivity index (χ3v) is 4.24. The fourth-order valence-electron chi connectivity index (χ4n) is 2.35. The third-order valence-electron chi connectivity index (χ3n) is 4.24. The highest BCUT2D eigenvalue weighted by Gasteiger charge is 2.26. The summed E-state index contributed by atoms with van der Waals surface area (Å²) in [5, 5.41) is 9.39. The maximum Gasteiger partial charge on any atom is 0.223 e. The molecule has 0 aliphatic carbocycles. The van der Waals surface area contributed by atoms with E-state index in [9.17, 15) is 5.11 Å². The summed E-state index contributed by atoms with van der Waals surface area (Å²) in [6.07, 6.45) is 0.519. The topological polar surface area (TPSA) is 54.5 Å². The van der Waals surface area contributed by atoms with Gasteiger partial charge in [-0.1, -0.05) is 38.1 Å². The van der Waals surface area contributed by atoms with Gasteiger partial charge in [0.05, 0.1) is 12.7 Å². The van der Waals surface area contributed by atoms with Crippen LogP contribution in [0, 0.1) is 0 Å². The zero-order valence-electron chi connectivity index (χ0n) is 14.4. The second-order valence-electron chi connectivity index (χ2n) is 6.72. The van der Waals surface area contributed by atoms with Crippen molar-refractivity contribution in [2.75, 3.05) is 13.2 Å². The van der Waals surface area contributed by atoms with Gasteiger partial charge in [0.15, 0.2) is 0 Å². The molecule has 0 spiro atoms. The molecule has 0 radical (unpaired) electrons. The Kier molecular flexibility index (Phi) is 4.78. The van der Waals surface area contributed by atoms with Gasteiger partial charge in [0.1, 0.15) is 18.1 Å². The standard InChI is InChI=1S/C17H18O3.C3H6O/c1-17(2,12-3-7-14(18)8-4-12)13-5-9-15(10-6-13)20-16-11-19-16;1-3-2-4-3/h3-10,16,18H,11H2,1-2H3;3H,2H2,1H3. The van der Waals surface area contributed by atoms with Crippen LogP contribution in [0.25, 0.3) is 0 Å². The van der Waals surface area contributed by atoms with Gasteiger partial charge >= 0.3 is 0 Å². The van der Waals surface area contributed by atoms with E-state index in [0.29, 0.717) is 12.7 Å². The lowest BCUT2D eigenvalue weighted by atomic mass is 9.78. The van der Waals surface area contributed by atoms with Crippen molar-refractivity contribution >= 4 is 0 Å². The van der Waals surface area contributed by atoms with E-state index in [1.54, 1.807) is 12.1 Å². The molecule has 2 heterocycles. The maximum atomic E-state index is 9.39. The van der Waals surface area contributed by atoms with Crippen LogP contribution in [0.3, 0.4) is 0 Å². The van der Waals surface area contributed by atoms with Gasteiger partial charge < -0.3 is 19.3 Å². The van der Waals surface area contributed by atoms with Crippen LogP contribution in [0.4, 0.5) is 0 Å². The summed E-state index contributed by atoms with van der Waals surface area (Å²) >= 11 is 0. The van der Waals surface area contributed by atoms with Crippen molar-refractivity contribution in [1.82, 2.24) is 0 Å². The molecule has 0 saturated carbocycles. The largest absolute Gasteiger partial charge is 0.508 e. The number of hydrogen-bond acceptors (Lipinski definition) is 4. The van der Waals surface area contributed by atoms with Crippen molar-refractivity contribution in [2.45, 2.75) is 38.6 Å². The Hall–Kier alpha value is -2.04. The van der Waals surface area contributed by atoms with E-state index in [1.807, 2.05) is 24.3 Å². The van der Waals surface area contributed by atoms with Crippen molar-refractivity contribution in [3.05, 3.63) is 59.7 Å². The molecule has 2 aliphatic rings. The fraction of sp³-hybridized carbons (Fsp3) is 0.400. The van der Waals surface area contributed by atoms with Crippen molar-refractivity contribution in [3.8, 4) is 11.5 Å². The molecular formula is C20H24O4. The van der Waals surface area contributed by atoms with Crippen LogP contribution in [0.1, 0.15) is 31.9 Å². The Labute approximate surface area is 143 Å². The van der Waals surface area contributed by atoms with Crippen molar-refractivity contribution in [3.63, 3.8) is 0 Å². The van der Waals surface area contributed by atoms with Crippen LogP contribution < -0.4 is 4.74 Å². The summed E-state index contributed by atoms with van der Waals surface area (Å²) in [6, 6.07) is 15.4. The average Bonchev–Trinajstić information content (AvgIpc) is 3.48. The van der Waals surface area contributed by atoms with Crippen LogP contribution >= 0.6 is 0 Å². The number of hydrogen-bond donors (Lipinski definition) is 1. The molecule has 2 aromatic rings. The minimum absolute atomic E-state index is 0.0639. The van der Waals surface area contributed by atoms with Gasteiger partial charge in [0.2, 0.25) is 6.29 Å². The molecule has 0 bridgehead atoms. The molecule has 2 fully saturated rings. The Morgan fingerprint density at radius 3 is 1.79 bits per heavy atom. The number of benzene rings is 2. The van der Waals surface area contributed by atoms with Crippen molar-refractivity contribution in [2.24, 2.45) is 0 Å². The highest BCUT2D eigenvalue weighted by Crippen LogP contribution is 2.33. The summed E-state index contributed by atoms with van der Waals surface area (Å²) < 4.78 is 15.3. The second kappa shape index (κ2) is 6.83. The number of aromatic hydroxyl groups is 1. The van der Waals surface area contributed by atoms with Crippen molar-refractivity contribution in [1.29, 1.82) is 0 Å². The monoisotopic (exact) mass is 328 g/mol. The first-order chi connectivity index (χ1) is 11.4. The van der Waals surface area contributed by atoms with E-state index in [-0.39, 0.29) is 17.5 Å². The maximum absolute atomic E-state index is 9.39. The van der Waals surface area contributed by atoms with Crippen LogP contribution in [0.5, 0.6) is 11.5 Å². The molecule has 24 heavy (non-hydrogen) atoms. The lowest BCUT2D eigenvalue weighted by Crippen LogP contribution is -2.18. The molecule has 2 aromatic carbocycles. The quantitative estimate of drug-likeness (QED) is 0.866. The third kappa shape index (κ3) is 4.49. The summed E-state index contributed by atoms with van der Waals surface area (Å²) in [4.78, 5) is 0. The van der Waals surface area contributed by atoms with Gasteiger partial charge in [-0.05, 0) is 42.3 Å². The summed E-state index contributed by atoms with van der Waals surface area (Å²) in [5.74, 6) is 1.12. The van der Waals surface area contributed by atoms with Gasteiger partial charge in [-0.25, -0.2) is 0 Å². The zero-order chi connectivity index (χ0) is 17.2. The smallest absolute Gasteiger partial charge is 0.223 e. The Morgan fingerprint density at radius 1 is 0.917 bits per heavy atom. The molecule has 2 saturated heterocycles. The molecule has 128 valence electrons. The molecule has 4 rings (SSSR count). The Bertz CT molecular complexity index is 653. The van der Waals surface area contributed by atoms with E-state index in [4.69, 9.17) is 14.2 Å². The number of phenols is 1. The lowest BCUT2D eigenvalue weighted by Gasteiger charge is -2.26. The van der Waals surface area contributed by atoms with Gasteiger partial charge in [-0.3, -0.25) is 0 Å². The van der Waals surface area contributed by atoms with Gasteiger partial charge in [0.25, 0.3) is 0 Å². The van der Waals surface area contributed by atoms with Crippen LogP contribution in [0.2, 0.25) is 0 Å². The first-order valence-electron chi connectivity index (χ1n) is 8.25. The van der Waals surface area contributed by atoms with Gasteiger partial charge in [-0.2, -0.15) is 0 Å². The molecule has 2 atom stereocenters. The second-order valence-corrected chi connectivity index (χ2v) is 6.72. The number of epoxide rings is 2. The number of phenolic OH excluding ortho intramolecular Hbond substituents is 1. The molecule has 2 unspecified atom stereocenters. The van der Waals surface area contributed by atoms with E-state index >= 15 is 0 Å². The molecule has 0 aromatic heterocycles. The lowest BCUT2D eigenvalue weighted by molar-refractivity contribution is 0.179. The van der Waals surface area contributed by atoms with Crippen LogP contribution in [-0.4, -0.2) is 30.7 Å². The van der Waals surface area contributed by atoms with Crippen LogP contribution in [-0.2, 0) is 14.9 Å². The molecule has 2 aliphatic heterocycles. The number of rotatable bonds is 4. The molecule has 4 nitrogen and oxygen atoms in total. The highest BCUT2D eigenvalue weighted by molar-refractivity contribution is 5.41. The molecular weight excluding hydrogens is 304 g/mol. The molecule has 0 amide bonds. The highest BCUT2D eigenvalue weighted by atomic mass is 16.8. The van der Waals surface area contributed by atoms with E-state index in [2.05, 4.69) is 32.9 Å². The minimum atomic E-state index is -0.123. The van der Waals surface area contributed by atoms with E-state index in [1.165, 1.54) is 5.56 Å². The van der Waals surface area contributed by atoms with Gasteiger partial charge in [0, 0.05) is 5.41 Å². The summed E-state index contributed by atoms with van der Waals surface area (Å²) in [6.45, 7) is 8.05.